The van der Waals surface area contributed by atoms with Crippen LogP contribution in [0, 0.1) is 5.92 Å². The summed E-state index contributed by atoms with van der Waals surface area (Å²) in [4.78, 5) is 13.8. The van der Waals surface area contributed by atoms with Crippen molar-refractivity contribution in [2.24, 2.45) is 5.92 Å². The highest BCUT2D eigenvalue weighted by Crippen LogP contribution is 2.32. The maximum atomic E-state index is 11.6. The standard InChI is InChI=1S/C13H17BrN2O/c1-9(2)5-6-16-8-13(17)15-11-7-10(14)3-4-12(11)16/h3-4,7,9H,5-6,8H2,1-2H3,(H,15,17). The van der Waals surface area contributed by atoms with Crippen molar-refractivity contribution in [3.63, 3.8) is 0 Å². The van der Waals surface area contributed by atoms with E-state index in [-0.39, 0.29) is 5.91 Å². The lowest BCUT2D eigenvalue weighted by Crippen LogP contribution is -2.39. The highest BCUT2D eigenvalue weighted by molar-refractivity contribution is 9.10. The minimum Gasteiger partial charge on any atom is -0.361 e. The summed E-state index contributed by atoms with van der Waals surface area (Å²) in [6, 6.07) is 6.02. The van der Waals surface area contributed by atoms with Crippen LogP contribution in [0.2, 0.25) is 0 Å². The van der Waals surface area contributed by atoms with Crippen LogP contribution < -0.4 is 10.2 Å². The predicted molar refractivity (Wildman–Crippen MR) is 74.4 cm³/mol. The minimum absolute atomic E-state index is 0.0688. The van der Waals surface area contributed by atoms with E-state index in [0.29, 0.717) is 12.5 Å². The third kappa shape index (κ3) is 3.00. The van der Waals surface area contributed by atoms with E-state index in [1.807, 2.05) is 12.1 Å². The van der Waals surface area contributed by atoms with Crippen molar-refractivity contribution < 1.29 is 4.79 Å². The fourth-order valence-electron chi connectivity index (χ4n) is 1.95. The van der Waals surface area contributed by atoms with E-state index < -0.39 is 0 Å². The molecule has 1 amide bonds. The Bertz CT molecular complexity index is 431. The van der Waals surface area contributed by atoms with Crippen LogP contribution in [0.5, 0.6) is 0 Å². The van der Waals surface area contributed by atoms with Crippen molar-refractivity contribution in [2.75, 3.05) is 23.3 Å². The molecule has 1 N–H and O–H groups in total. The molecule has 1 aliphatic rings. The van der Waals surface area contributed by atoms with E-state index in [2.05, 4.69) is 46.1 Å². The number of fused-ring (bicyclic) bond motifs is 1. The number of hydrogen-bond acceptors (Lipinski definition) is 2. The van der Waals surface area contributed by atoms with Crippen LogP contribution in [0.3, 0.4) is 0 Å². The van der Waals surface area contributed by atoms with Crippen LogP contribution in [-0.4, -0.2) is 19.0 Å². The van der Waals surface area contributed by atoms with Crippen molar-refractivity contribution in [3.05, 3.63) is 22.7 Å². The van der Waals surface area contributed by atoms with Gasteiger partial charge in [0.1, 0.15) is 0 Å². The quantitative estimate of drug-likeness (QED) is 0.929. The molecule has 4 heteroatoms. The third-order valence-corrected chi connectivity index (χ3v) is 3.38. The molecule has 0 unspecified atom stereocenters. The normalized spacial score (nSPS) is 14.8. The highest BCUT2D eigenvalue weighted by Gasteiger charge is 2.21. The van der Waals surface area contributed by atoms with Gasteiger partial charge in [0.25, 0.3) is 0 Å². The van der Waals surface area contributed by atoms with E-state index >= 15 is 0 Å². The van der Waals surface area contributed by atoms with Crippen LogP contribution in [0.15, 0.2) is 22.7 Å². The number of anilines is 2. The predicted octanol–water partition coefficient (Wildman–Crippen LogP) is 3.25. The molecule has 92 valence electrons. The fraction of sp³-hybridized carbons (Fsp3) is 0.462. The summed E-state index contributed by atoms with van der Waals surface area (Å²) < 4.78 is 0.988. The van der Waals surface area contributed by atoms with E-state index in [9.17, 15) is 4.79 Å². The average molecular weight is 297 g/mol. The second-order valence-corrected chi connectivity index (χ2v) is 5.73. The number of rotatable bonds is 3. The Morgan fingerprint density at radius 1 is 1.47 bits per heavy atom. The SMILES string of the molecule is CC(C)CCN1CC(=O)Nc2cc(Br)ccc21. The molecule has 0 aliphatic carbocycles. The Morgan fingerprint density at radius 3 is 2.94 bits per heavy atom. The molecule has 17 heavy (non-hydrogen) atoms. The van der Waals surface area contributed by atoms with Crippen LogP contribution in [0.25, 0.3) is 0 Å². The number of hydrogen-bond donors (Lipinski definition) is 1. The van der Waals surface area contributed by atoms with Crippen molar-refractivity contribution in [1.29, 1.82) is 0 Å². The lowest BCUT2D eigenvalue weighted by Gasteiger charge is -2.31. The number of benzene rings is 1. The highest BCUT2D eigenvalue weighted by atomic mass is 79.9. The Hall–Kier alpha value is -1.03. The largest absolute Gasteiger partial charge is 0.361 e. The third-order valence-electron chi connectivity index (χ3n) is 2.88. The first kappa shape index (κ1) is 12.4. The summed E-state index contributed by atoms with van der Waals surface area (Å²) in [6.45, 7) is 5.79. The Kier molecular flexibility index (Phi) is 3.72. The number of carbonyl (C=O) groups excluding carboxylic acids is 1. The van der Waals surface area contributed by atoms with Crippen molar-refractivity contribution in [1.82, 2.24) is 0 Å². The molecule has 0 aromatic heterocycles. The van der Waals surface area contributed by atoms with Gasteiger partial charge in [-0.15, -0.1) is 0 Å². The topological polar surface area (TPSA) is 32.3 Å². The molecule has 2 rings (SSSR count). The maximum Gasteiger partial charge on any atom is 0.243 e. The zero-order chi connectivity index (χ0) is 12.4. The molecule has 1 aromatic carbocycles. The van der Waals surface area contributed by atoms with Gasteiger partial charge >= 0.3 is 0 Å². The number of amides is 1. The monoisotopic (exact) mass is 296 g/mol. The summed E-state index contributed by atoms with van der Waals surface area (Å²) in [5.74, 6) is 0.721. The lowest BCUT2D eigenvalue weighted by atomic mass is 10.1. The van der Waals surface area contributed by atoms with Gasteiger partial charge in [0, 0.05) is 11.0 Å². The van der Waals surface area contributed by atoms with Crippen LogP contribution in [0.1, 0.15) is 20.3 Å². The molecule has 0 spiro atoms. The van der Waals surface area contributed by atoms with Gasteiger partial charge < -0.3 is 10.2 Å². The van der Waals surface area contributed by atoms with E-state index in [4.69, 9.17) is 0 Å². The van der Waals surface area contributed by atoms with Gasteiger partial charge in [-0.3, -0.25) is 4.79 Å². The molecule has 0 saturated heterocycles. The van der Waals surface area contributed by atoms with E-state index in [1.54, 1.807) is 0 Å². The zero-order valence-corrected chi connectivity index (χ0v) is 11.8. The van der Waals surface area contributed by atoms with E-state index in [1.165, 1.54) is 0 Å². The van der Waals surface area contributed by atoms with E-state index in [0.717, 1.165) is 28.8 Å². The maximum absolute atomic E-state index is 11.6. The second kappa shape index (κ2) is 5.08. The molecule has 1 heterocycles. The zero-order valence-electron chi connectivity index (χ0n) is 10.2. The van der Waals surface area contributed by atoms with Gasteiger partial charge in [-0.1, -0.05) is 29.8 Å². The van der Waals surface area contributed by atoms with Crippen LogP contribution >= 0.6 is 15.9 Å². The summed E-state index contributed by atoms with van der Waals surface area (Å²) in [7, 11) is 0. The average Bonchev–Trinajstić information content (AvgIpc) is 2.24. The molecule has 0 atom stereocenters. The number of carbonyl (C=O) groups is 1. The second-order valence-electron chi connectivity index (χ2n) is 4.81. The number of nitrogens with one attached hydrogen (secondary N) is 1. The van der Waals surface area contributed by atoms with Gasteiger partial charge in [-0.2, -0.15) is 0 Å². The Balaban J connectivity index is 2.22. The van der Waals surface area contributed by atoms with Crippen molar-refractivity contribution in [3.8, 4) is 0 Å². The molecule has 0 fully saturated rings. The first-order valence-electron chi connectivity index (χ1n) is 5.90. The summed E-state index contributed by atoms with van der Waals surface area (Å²) >= 11 is 3.42. The number of halogens is 1. The molecule has 1 aromatic rings. The Labute approximate surface area is 110 Å². The first-order chi connectivity index (χ1) is 8.06. The fourth-order valence-corrected chi connectivity index (χ4v) is 2.31. The van der Waals surface area contributed by atoms with Crippen LogP contribution in [-0.2, 0) is 4.79 Å². The van der Waals surface area contributed by atoms with Gasteiger partial charge in [0.15, 0.2) is 0 Å². The van der Waals surface area contributed by atoms with Crippen LogP contribution in [0.4, 0.5) is 11.4 Å². The molecule has 0 radical (unpaired) electrons. The molecular formula is C13H17BrN2O. The summed E-state index contributed by atoms with van der Waals surface area (Å²) in [6.07, 6.45) is 1.10. The minimum atomic E-state index is 0.0688. The van der Waals surface area contributed by atoms with Crippen molar-refractivity contribution in [2.45, 2.75) is 20.3 Å². The first-order valence-corrected chi connectivity index (χ1v) is 6.70. The summed E-state index contributed by atoms with van der Waals surface area (Å²) in [5, 5.41) is 2.91. The Morgan fingerprint density at radius 2 is 2.24 bits per heavy atom. The summed E-state index contributed by atoms with van der Waals surface area (Å²) in [5.41, 5.74) is 2.02. The molecular weight excluding hydrogens is 280 g/mol. The lowest BCUT2D eigenvalue weighted by molar-refractivity contribution is -0.115. The molecule has 3 nitrogen and oxygen atoms in total. The van der Waals surface area contributed by atoms with Crippen molar-refractivity contribution >= 4 is 33.2 Å². The number of nitrogens with zero attached hydrogens (tertiary/aromatic N) is 1. The van der Waals surface area contributed by atoms with Gasteiger partial charge in [-0.05, 0) is 30.5 Å². The molecule has 0 saturated carbocycles. The van der Waals surface area contributed by atoms with Gasteiger partial charge in [0.05, 0.1) is 17.9 Å². The molecule has 0 bridgehead atoms. The molecule has 1 aliphatic heterocycles. The smallest absolute Gasteiger partial charge is 0.243 e. The van der Waals surface area contributed by atoms with Gasteiger partial charge in [0.2, 0.25) is 5.91 Å². The van der Waals surface area contributed by atoms with Gasteiger partial charge in [-0.25, -0.2) is 0 Å².